The number of aromatic nitrogens is 2. The van der Waals surface area contributed by atoms with Crippen LogP contribution in [0, 0.1) is 3.95 Å². The van der Waals surface area contributed by atoms with Gasteiger partial charge in [-0.1, -0.05) is 23.1 Å². The minimum Gasteiger partial charge on any atom is -0.286 e. The zero-order chi connectivity index (χ0) is 11.3. The molecular weight excluding hydrogens is 276 g/mol. The first-order chi connectivity index (χ1) is 6.97. The maximum atomic E-state index is 10.4. The van der Waals surface area contributed by atoms with Crippen LogP contribution >= 0.6 is 35.3 Å². The van der Waals surface area contributed by atoms with E-state index in [4.69, 9.17) is 16.8 Å². The van der Waals surface area contributed by atoms with E-state index in [1.165, 1.54) is 23.1 Å². The van der Waals surface area contributed by atoms with Crippen molar-refractivity contribution in [2.24, 2.45) is 0 Å². The van der Waals surface area contributed by atoms with E-state index in [-0.39, 0.29) is 5.75 Å². The highest BCUT2D eigenvalue weighted by Crippen LogP contribution is 2.21. The monoisotopic (exact) mass is 286 g/mol. The molecule has 1 aromatic rings. The lowest BCUT2D eigenvalue weighted by atomic mass is 10.4. The maximum absolute atomic E-state index is 10.4. The third kappa shape index (κ3) is 6.25. The lowest BCUT2D eigenvalue weighted by molar-refractivity contribution is 0.481. The Labute approximate surface area is 101 Å². The van der Waals surface area contributed by atoms with Crippen LogP contribution in [0.3, 0.4) is 0 Å². The molecule has 1 aromatic heterocycles. The molecule has 0 fully saturated rings. The first-order valence-corrected chi connectivity index (χ1v) is 7.93. The quantitative estimate of drug-likeness (QED) is 0.360. The molecule has 0 amide bonds. The minimum absolute atomic E-state index is 0.177. The van der Waals surface area contributed by atoms with E-state index >= 15 is 0 Å². The van der Waals surface area contributed by atoms with Crippen molar-refractivity contribution in [2.75, 3.05) is 11.5 Å². The Hall–Kier alpha value is 0.0400. The van der Waals surface area contributed by atoms with Crippen molar-refractivity contribution in [3.63, 3.8) is 0 Å². The van der Waals surface area contributed by atoms with Crippen LogP contribution < -0.4 is 0 Å². The molecule has 0 radical (unpaired) electrons. The normalized spacial score (nSPS) is 11.8. The smallest absolute Gasteiger partial charge is 0.264 e. The molecule has 1 rings (SSSR count). The van der Waals surface area contributed by atoms with Gasteiger partial charge in [0.25, 0.3) is 10.1 Å². The van der Waals surface area contributed by atoms with Gasteiger partial charge in [0, 0.05) is 5.75 Å². The van der Waals surface area contributed by atoms with Crippen LogP contribution in [0.5, 0.6) is 0 Å². The van der Waals surface area contributed by atoms with Gasteiger partial charge in [0.05, 0.1) is 5.75 Å². The molecule has 5 nitrogen and oxygen atoms in total. The summed E-state index contributed by atoms with van der Waals surface area (Å²) in [4.78, 5) is 0. The zero-order valence-corrected chi connectivity index (χ0v) is 10.9. The van der Waals surface area contributed by atoms with Gasteiger partial charge in [-0.05, 0) is 25.1 Å². The Morgan fingerprint density at radius 1 is 1.53 bits per heavy atom. The van der Waals surface area contributed by atoms with Crippen molar-refractivity contribution >= 4 is 45.4 Å². The van der Waals surface area contributed by atoms with Crippen LogP contribution in [0.2, 0.25) is 0 Å². The molecule has 0 atom stereocenters. The van der Waals surface area contributed by atoms with Crippen molar-refractivity contribution in [2.45, 2.75) is 17.2 Å². The molecule has 0 aliphatic carbocycles. The summed E-state index contributed by atoms with van der Waals surface area (Å²) in [6, 6.07) is 0. The largest absolute Gasteiger partial charge is 0.286 e. The molecule has 0 unspecified atom stereocenters. The highest BCUT2D eigenvalue weighted by molar-refractivity contribution is 8.01. The molecule has 0 saturated carbocycles. The van der Waals surface area contributed by atoms with Gasteiger partial charge in [-0.2, -0.15) is 13.5 Å². The molecule has 0 bridgehead atoms. The first-order valence-electron chi connectivity index (χ1n) is 4.11. The maximum Gasteiger partial charge on any atom is 0.264 e. The van der Waals surface area contributed by atoms with Crippen LogP contribution in [0.25, 0.3) is 0 Å². The standard InChI is InChI=1S/C6H10N2O3S4/c9-15(10,11)4-2-1-3-13-6-8-7-5(12)14-6/h1-4H2,(H,7,12)(H,9,10,11). The van der Waals surface area contributed by atoms with Crippen LogP contribution in [0.4, 0.5) is 0 Å². The van der Waals surface area contributed by atoms with Gasteiger partial charge in [0.15, 0.2) is 8.29 Å². The number of hydrogen-bond donors (Lipinski definition) is 2. The SMILES string of the molecule is O=S(=O)(O)CCCCSc1n[nH]c(=S)s1. The molecule has 15 heavy (non-hydrogen) atoms. The number of hydrogen-bond acceptors (Lipinski definition) is 6. The second-order valence-electron chi connectivity index (χ2n) is 2.72. The van der Waals surface area contributed by atoms with E-state index in [0.29, 0.717) is 10.4 Å². The third-order valence-corrected chi connectivity index (χ3v) is 4.56. The van der Waals surface area contributed by atoms with E-state index in [9.17, 15) is 8.42 Å². The van der Waals surface area contributed by atoms with Crippen LogP contribution in [-0.4, -0.2) is 34.7 Å². The van der Waals surface area contributed by atoms with Crippen LogP contribution in [0.1, 0.15) is 12.8 Å². The summed E-state index contributed by atoms with van der Waals surface area (Å²) in [6.07, 6.45) is 1.18. The number of nitrogens with one attached hydrogen (secondary N) is 1. The molecule has 86 valence electrons. The minimum atomic E-state index is -3.81. The number of unbranched alkanes of at least 4 members (excludes halogenated alkanes) is 1. The second-order valence-corrected chi connectivity index (χ2v) is 7.30. The van der Waals surface area contributed by atoms with Gasteiger partial charge < -0.3 is 0 Å². The summed E-state index contributed by atoms with van der Waals surface area (Å²) < 4.78 is 30.7. The van der Waals surface area contributed by atoms with Crippen molar-refractivity contribution in [1.29, 1.82) is 0 Å². The predicted octanol–water partition coefficient (Wildman–Crippen LogP) is 1.96. The Balaban J connectivity index is 2.15. The second kappa shape index (κ2) is 5.94. The van der Waals surface area contributed by atoms with Gasteiger partial charge in [-0.25, -0.2) is 0 Å². The number of thioether (sulfide) groups is 1. The average molecular weight is 286 g/mol. The lowest BCUT2D eigenvalue weighted by Crippen LogP contribution is -2.03. The molecule has 0 spiro atoms. The average Bonchev–Trinajstić information content (AvgIpc) is 2.49. The molecule has 0 aliphatic heterocycles. The Morgan fingerprint density at radius 2 is 2.27 bits per heavy atom. The van der Waals surface area contributed by atoms with E-state index in [0.717, 1.165) is 16.5 Å². The number of nitrogens with zero attached hydrogens (tertiary/aromatic N) is 1. The van der Waals surface area contributed by atoms with Crippen molar-refractivity contribution in [3.05, 3.63) is 3.95 Å². The summed E-state index contributed by atoms with van der Waals surface area (Å²) in [5.74, 6) is 0.593. The summed E-state index contributed by atoms with van der Waals surface area (Å²) in [7, 11) is -3.81. The van der Waals surface area contributed by atoms with E-state index < -0.39 is 10.1 Å². The molecule has 0 aliphatic rings. The van der Waals surface area contributed by atoms with E-state index in [1.54, 1.807) is 0 Å². The Morgan fingerprint density at radius 3 is 2.80 bits per heavy atom. The highest BCUT2D eigenvalue weighted by atomic mass is 32.2. The molecule has 2 N–H and O–H groups in total. The fraction of sp³-hybridized carbons (Fsp3) is 0.667. The van der Waals surface area contributed by atoms with Gasteiger partial charge in [-0.3, -0.25) is 9.65 Å². The summed E-state index contributed by atoms with van der Waals surface area (Å²) in [5.41, 5.74) is 0. The van der Waals surface area contributed by atoms with Crippen LogP contribution in [-0.2, 0) is 10.1 Å². The van der Waals surface area contributed by atoms with Gasteiger partial charge >= 0.3 is 0 Å². The van der Waals surface area contributed by atoms with E-state index in [2.05, 4.69) is 10.2 Å². The van der Waals surface area contributed by atoms with Gasteiger partial charge in [0.2, 0.25) is 0 Å². The summed E-state index contributed by atoms with van der Waals surface area (Å²) in [5, 5.41) is 6.61. The van der Waals surface area contributed by atoms with Crippen LogP contribution in [0.15, 0.2) is 4.34 Å². The number of H-pyrrole nitrogens is 1. The predicted molar refractivity (Wildman–Crippen MR) is 63.7 cm³/mol. The molecule has 0 saturated heterocycles. The van der Waals surface area contributed by atoms with Crippen molar-refractivity contribution in [3.8, 4) is 0 Å². The van der Waals surface area contributed by atoms with Crippen molar-refractivity contribution < 1.29 is 13.0 Å². The number of aromatic amines is 1. The Kier molecular flexibility index (Phi) is 5.19. The molecule has 9 heteroatoms. The fourth-order valence-corrected chi connectivity index (χ4v) is 3.54. The fourth-order valence-electron chi connectivity index (χ4n) is 0.824. The Bertz CT molecular complexity index is 449. The van der Waals surface area contributed by atoms with Crippen molar-refractivity contribution in [1.82, 2.24) is 10.2 Å². The molecule has 0 aromatic carbocycles. The zero-order valence-electron chi connectivity index (χ0n) is 7.67. The highest BCUT2D eigenvalue weighted by Gasteiger charge is 2.04. The first kappa shape index (κ1) is 13.1. The topological polar surface area (TPSA) is 83.1 Å². The van der Waals surface area contributed by atoms with E-state index in [1.807, 2.05) is 0 Å². The lowest BCUT2D eigenvalue weighted by Gasteiger charge is -1.96. The van der Waals surface area contributed by atoms with Gasteiger partial charge in [-0.15, -0.1) is 0 Å². The van der Waals surface area contributed by atoms with Gasteiger partial charge in [0.1, 0.15) is 0 Å². The summed E-state index contributed by atoms with van der Waals surface area (Å²) >= 11 is 7.78. The molecular formula is C6H10N2O3S4. The molecule has 1 heterocycles. The number of rotatable bonds is 6. The summed E-state index contributed by atoms with van der Waals surface area (Å²) in [6.45, 7) is 0. The third-order valence-electron chi connectivity index (χ3n) is 1.44.